The monoisotopic (exact) mass is 617 g/mol. The van der Waals surface area contributed by atoms with Gasteiger partial charge in [0, 0.05) is 37.8 Å². The van der Waals surface area contributed by atoms with Gasteiger partial charge in [-0.15, -0.1) is 0 Å². The first-order chi connectivity index (χ1) is 20.2. The van der Waals surface area contributed by atoms with Gasteiger partial charge in [0.1, 0.15) is 17.1 Å². The highest BCUT2D eigenvalue weighted by Crippen LogP contribution is 2.44. The van der Waals surface area contributed by atoms with Crippen LogP contribution in [0.15, 0.2) is 18.3 Å². The van der Waals surface area contributed by atoms with Crippen LogP contribution < -0.4 is 26.4 Å². The molecule has 3 heterocycles. The van der Waals surface area contributed by atoms with E-state index in [1.54, 1.807) is 26.2 Å². The largest absolute Gasteiger partial charge is 0.468 e. The number of ether oxygens (including phenoxy) is 1. The molecule has 0 spiro atoms. The Kier molecular flexibility index (Phi) is 9.37. The van der Waals surface area contributed by atoms with Crippen molar-refractivity contribution < 1.29 is 40.3 Å². The van der Waals surface area contributed by atoms with Crippen LogP contribution in [0, 0.1) is 18.6 Å². The third-order valence-electron chi connectivity index (χ3n) is 7.02. The Hall–Kier alpha value is -4.08. The zero-order chi connectivity index (χ0) is 31.6. The fraction of sp³-hybridized carbons (Fsp3) is 0.444. The Morgan fingerprint density at radius 2 is 1.98 bits per heavy atom. The predicted octanol–water partition coefficient (Wildman–Crippen LogP) is 4.80. The number of alkyl halides is 5. The molecule has 5 N–H and O–H groups in total. The van der Waals surface area contributed by atoms with Crippen molar-refractivity contribution in [3.63, 3.8) is 0 Å². The minimum Gasteiger partial charge on any atom is -0.468 e. The third kappa shape index (κ3) is 6.78. The number of pyridine rings is 1. The molecule has 0 saturated heterocycles. The summed E-state index contributed by atoms with van der Waals surface area (Å²) in [4.78, 5) is 17.3. The Morgan fingerprint density at radius 3 is 2.58 bits per heavy atom. The standard InChI is InChI=1S/C27H30F7N7O2/c1-4-13-10-38-25(42)18-23(37-11-14-6-8-41(3)40-14)21(29)22(39-26(18)43-17(24(30)31)5-7-36-13)15-9-16(35)20(28)12(2)19(15)27(32,33)34/h6,8-9,13,17,24,36H,4-5,7,10-11,35H2,1-3H3,(H,37,39)(H,38,42)/t13?,17-/m1/s1. The number of hydrogen-bond acceptors (Lipinski definition) is 7. The normalized spacial score (nSPS) is 18.1. The summed E-state index contributed by atoms with van der Waals surface area (Å²) in [6.45, 7) is 2.46. The highest BCUT2D eigenvalue weighted by Gasteiger charge is 2.40. The van der Waals surface area contributed by atoms with Crippen molar-refractivity contribution in [2.75, 3.05) is 24.1 Å². The minimum atomic E-state index is -5.20. The molecule has 1 aliphatic heterocycles. The van der Waals surface area contributed by atoms with Gasteiger partial charge in [0.25, 0.3) is 12.3 Å². The van der Waals surface area contributed by atoms with Gasteiger partial charge in [-0.3, -0.25) is 9.48 Å². The van der Waals surface area contributed by atoms with Crippen molar-refractivity contribution >= 4 is 17.3 Å². The number of aryl methyl sites for hydroxylation is 1. The zero-order valence-electron chi connectivity index (χ0n) is 23.4. The van der Waals surface area contributed by atoms with E-state index in [9.17, 15) is 31.1 Å². The molecular formula is C27H30F7N7O2. The molecule has 4 rings (SSSR count). The SMILES string of the molecule is CCC1CNC(=O)c2c(nc(-c3cc(N)c(F)c(C)c3C(F)(F)F)c(F)c2NCc2ccn(C)n2)O[C@@H](C(F)F)CCN1. The number of nitrogen functional groups attached to an aromatic ring is 1. The van der Waals surface area contributed by atoms with Crippen molar-refractivity contribution in [2.45, 2.75) is 58.0 Å². The lowest BCUT2D eigenvalue weighted by atomic mass is 9.95. The van der Waals surface area contributed by atoms with E-state index < -0.39 is 81.4 Å². The first kappa shape index (κ1) is 31.8. The Morgan fingerprint density at radius 1 is 1.26 bits per heavy atom. The van der Waals surface area contributed by atoms with Crippen molar-refractivity contribution in [1.29, 1.82) is 0 Å². The van der Waals surface area contributed by atoms with Crippen LogP contribution in [0.1, 0.15) is 46.9 Å². The lowest BCUT2D eigenvalue weighted by Crippen LogP contribution is -2.41. The van der Waals surface area contributed by atoms with Gasteiger partial charge in [-0.25, -0.2) is 22.5 Å². The van der Waals surface area contributed by atoms with Crippen LogP contribution >= 0.6 is 0 Å². The quantitative estimate of drug-likeness (QED) is 0.232. The van der Waals surface area contributed by atoms with Crippen LogP contribution in [-0.2, 0) is 19.8 Å². The fourth-order valence-electron chi connectivity index (χ4n) is 4.76. The van der Waals surface area contributed by atoms with Gasteiger partial charge < -0.3 is 26.4 Å². The van der Waals surface area contributed by atoms with Crippen molar-refractivity contribution in [3.8, 4) is 17.1 Å². The summed E-state index contributed by atoms with van der Waals surface area (Å²) in [6, 6.07) is 1.78. The average molecular weight is 618 g/mol. The van der Waals surface area contributed by atoms with Gasteiger partial charge in [0.05, 0.1) is 29.2 Å². The van der Waals surface area contributed by atoms with E-state index in [1.807, 2.05) is 0 Å². The fourth-order valence-corrected chi connectivity index (χ4v) is 4.76. The number of nitrogens with one attached hydrogen (secondary N) is 3. The molecule has 2 aromatic heterocycles. The number of hydrogen-bond donors (Lipinski definition) is 4. The number of nitrogens with zero attached hydrogens (tertiary/aromatic N) is 3. The molecule has 16 heteroatoms. The summed E-state index contributed by atoms with van der Waals surface area (Å²) < 4.78 is 109. The van der Waals surface area contributed by atoms with E-state index in [0.29, 0.717) is 18.2 Å². The topological polar surface area (TPSA) is 119 Å². The molecule has 1 unspecified atom stereocenters. The minimum absolute atomic E-state index is 0.0169. The summed E-state index contributed by atoms with van der Waals surface area (Å²) in [5.74, 6) is -4.63. The highest BCUT2D eigenvalue weighted by atomic mass is 19.4. The molecule has 43 heavy (non-hydrogen) atoms. The number of carbonyl (C=O) groups excluding carboxylic acids is 1. The molecule has 0 bridgehead atoms. The second kappa shape index (κ2) is 12.7. The number of rotatable bonds is 6. The van der Waals surface area contributed by atoms with Gasteiger partial charge in [0.2, 0.25) is 5.88 Å². The summed E-state index contributed by atoms with van der Waals surface area (Å²) >= 11 is 0. The van der Waals surface area contributed by atoms with Gasteiger partial charge in [-0.05, 0) is 37.6 Å². The number of nitrogens with two attached hydrogens (primary N) is 1. The van der Waals surface area contributed by atoms with E-state index in [-0.39, 0.29) is 32.1 Å². The van der Waals surface area contributed by atoms with E-state index in [2.05, 4.69) is 26.0 Å². The first-order valence-electron chi connectivity index (χ1n) is 13.3. The van der Waals surface area contributed by atoms with Crippen LogP contribution in [0.2, 0.25) is 0 Å². The number of halogens is 7. The molecule has 1 aromatic carbocycles. The number of benzene rings is 1. The highest BCUT2D eigenvalue weighted by molar-refractivity contribution is 6.03. The van der Waals surface area contributed by atoms with Crippen LogP contribution in [0.5, 0.6) is 5.88 Å². The molecule has 0 aliphatic carbocycles. The Bertz CT molecular complexity index is 1490. The van der Waals surface area contributed by atoms with Crippen LogP contribution in [0.3, 0.4) is 0 Å². The summed E-state index contributed by atoms with van der Waals surface area (Å²) in [5.41, 5.74) is -0.585. The van der Waals surface area contributed by atoms with Crippen molar-refractivity contribution in [3.05, 3.63) is 52.3 Å². The van der Waals surface area contributed by atoms with Gasteiger partial charge in [-0.2, -0.15) is 18.3 Å². The third-order valence-corrected chi connectivity index (χ3v) is 7.02. The van der Waals surface area contributed by atoms with Gasteiger partial charge in [-0.1, -0.05) is 6.92 Å². The predicted molar refractivity (Wildman–Crippen MR) is 144 cm³/mol. The maximum absolute atomic E-state index is 16.4. The second-order valence-corrected chi connectivity index (χ2v) is 10.0. The van der Waals surface area contributed by atoms with Crippen LogP contribution in [0.25, 0.3) is 11.3 Å². The van der Waals surface area contributed by atoms with Gasteiger partial charge in [0.15, 0.2) is 11.9 Å². The summed E-state index contributed by atoms with van der Waals surface area (Å²) in [5, 5.41) is 12.4. The lowest BCUT2D eigenvalue weighted by molar-refractivity contribution is -0.137. The lowest BCUT2D eigenvalue weighted by Gasteiger charge is -2.23. The number of fused-ring (bicyclic) bond motifs is 1. The maximum atomic E-state index is 16.4. The number of carbonyl (C=O) groups is 1. The molecule has 0 saturated carbocycles. The van der Waals surface area contributed by atoms with Crippen LogP contribution in [0.4, 0.5) is 42.1 Å². The maximum Gasteiger partial charge on any atom is 0.417 e. The smallest absolute Gasteiger partial charge is 0.417 e. The Labute approximate surface area is 242 Å². The zero-order valence-corrected chi connectivity index (χ0v) is 23.4. The van der Waals surface area contributed by atoms with Crippen molar-refractivity contribution in [1.82, 2.24) is 25.4 Å². The average Bonchev–Trinajstić information content (AvgIpc) is 3.34. The van der Waals surface area contributed by atoms with E-state index in [4.69, 9.17) is 10.5 Å². The second-order valence-electron chi connectivity index (χ2n) is 10.0. The van der Waals surface area contributed by atoms with E-state index >= 15 is 4.39 Å². The number of aromatic nitrogens is 3. The molecule has 1 amide bonds. The Balaban J connectivity index is 2.02. The molecule has 2 atom stereocenters. The van der Waals surface area contributed by atoms with Crippen LogP contribution in [-0.4, -0.2) is 52.3 Å². The molecule has 0 fully saturated rings. The van der Waals surface area contributed by atoms with E-state index in [1.165, 1.54) is 4.68 Å². The van der Waals surface area contributed by atoms with Gasteiger partial charge >= 0.3 is 6.18 Å². The summed E-state index contributed by atoms with van der Waals surface area (Å²) in [6.07, 6.45) is -8.36. The molecule has 234 valence electrons. The molecule has 3 aromatic rings. The van der Waals surface area contributed by atoms with Crippen molar-refractivity contribution in [2.24, 2.45) is 7.05 Å². The molecule has 0 radical (unpaired) electrons. The molecule has 9 nitrogen and oxygen atoms in total. The first-order valence-corrected chi connectivity index (χ1v) is 13.3. The number of amides is 1. The summed E-state index contributed by atoms with van der Waals surface area (Å²) in [7, 11) is 1.61. The number of anilines is 2. The molecule has 1 aliphatic rings. The molecular weight excluding hydrogens is 587 g/mol. The van der Waals surface area contributed by atoms with E-state index in [0.717, 1.165) is 6.92 Å².